The molecule has 0 atom stereocenters. The first-order chi connectivity index (χ1) is 8.34. The average Bonchev–Trinajstić information content (AvgIpc) is 2.39. The van der Waals surface area contributed by atoms with Gasteiger partial charge in [-0.25, -0.2) is 0 Å². The number of morpholine rings is 1. The number of hydrogen-bond donors (Lipinski definition) is 0. The van der Waals surface area contributed by atoms with Crippen molar-refractivity contribution in [2.45, 2.75) is 0 Å². The molecule has 1 saturated heterocycles. The van der Waals surface area contributed by atoms with Crippen molar-refractivity contribution in [1.29, 1.82) is 0 Å². The molecule has 0 unspecified atom stereocenters. The van der Waals surface area contributed by atoms with E-state index in [0.29, 0.717) is 0 Å². The predicted octanol–water partition coefficient (Wildman–Crippen LogP) is 2.68. The molecule has 1 aromatic heterocycles. The van der Waals surface area contributed by atoms with Gasteiger partial charge in [-0.15, -0.1) is 0 Å². The first-order valence-corrected chi connectivity index (χ1v) is 6.79. The minimum absolute atomic E-state index is 0.813. The Balaban J connectivity index is 2.11. The predicted molar refractivity (Wildman–Crippen MR) is 77.5 cm³/mol. The SMILES string of the molecule is Ic1ccc2nccc(N3CCOCC3)c2c1. The molecule has 1 aromatic carbocycles. The van der Waals surface area contributed by atoms with E-state index in [0.717, 1.165) is 31.8 Å². The fourth-order valence-corrected chi connectivity index (χ4v) is 2.68. The van der Waals surface area contributed by atoms with Gasteiger partial charge in [0.05, 0.1) is 18.7 Å². The van der Waals surface area contributed by atoms with Crippen molar-refractivity contribution in [2.24, 2.45) is 0 Å². The van der Waals surface area contributed by atoms with E-state index in [1.807, 2.05) is 6.20 Å². The van der Waals surface area contributed by atoms with Crippen molar-refractivity contribution in [1.82, 2.24) is 4.98 Å². The molecule has 3 nitrogen and oxygen atoms in total. The van der Waals surface area contributed by atoms with Gasteiger partial charge in [0.15, 0.2) is 0 Å². The molecule has 88 valence electrons. The minimum Gasteiger partial charge on any atom is -0.378 e. The van der Waals surface area contributed by atoms with Crippen LogP contribution in [0, 0.1) is 3.57 Å². The molecule has 0 bridgehead atoms. The summed E-state index contributed by atoms with van der Waals surface area (Å²) >= 11 is 2.34. The van der Waals surface area contributed by atoms with Gasteiger partial charge in [0.25, 0.3) is 0 Å². The maximum absolute atomic E-state index is 5.40. The molecule has 0 saturated carbocycles. The summed E-state index contributed by atoms with van der Waals surface area (Å²) in [4.78, 5) is 6.80. The lowest BCUT2D eigenvalue weighted by Gasteiger charge is -2.29. The second-order valence-corrected chi connectivity index (χ2v) is 5.34. The van der Waals surface area contributed by atoms with Gasteiger partial charge in [-0.1, -0.05) is 0 Å². The number of rotatable bonds is 1. The van der Waals surface area contributed by atoms with E-state index in [9.17, 15) is 0 Å². The number of aromatic nitrogens is 1. The smallest absolute Gasteiger partial charge is 0.0723 e. The Morgan fingerprint density at radius 2 is 2.00 bits per heavy atom. The zero-order chi connectivity index (χ0) is 11.7. The highest BCUT2D eigenvalue weighted by molar-refractivity contribution is 14.1. The molecule has 1 aliphatic rings. The second kappa shape index (κ2) is 4.78. The van der Waals surface area contributed by atoms with Crippen LogP contribution in [0.5, 0.6) is 0 Å². The fourth-order valence-electron chi connectivity index (χ4n) is 2.18. The topological polar surface area (TPSA) is 25.4 Å². The van der Waals surface area contributed by atoms with Crippen LogP contribution in [0.25, 0.3) is 10.9 Å². The Labute approximate surface area is 114 Å². The fraction of sp³-hybridized carbons (Fsp3) is 0.308. The molecule has 0 spiro atoms. The number of benzene rings is 1. The Morgan fingerprint density at radius 3 is 2.82 bits per heavy atom. The van der Waals surface area contributed by atoms with Crippen molar-refractivity contribution >= 4 is 39.2 Å². The number of hydrogen-bond acceptors (Lipinski definition) is 3. The summed E-state index contributed by atoms with van der Waals surface area (Å²) in [6, 6.07) is 8.48. The molecular formula is C13H13IN2O. The van der Waals surface area contributed by atoms with Crippen molar-refractivity contribution in [2.75, 3.05) is 31.2 Å². The third-order valence-corrected chi connectivity index (χ3v) is 3.70. The van der Waals surface area contributed by atoms with E-state index in [4.69, 9.17) is 4.74 Å². The van der Waals surface area contributed by atoms with Crippen molar-refractivity contribution in [3.8, 4) is 0 Å². The number of ether oxygens (including phenoxy) is 1. The largest absolute Gasteiger partial charge is 0.378 e. The zero-order valence-corrected chi connectivity index (χ0v) is 11.6. The lowest BCUT2D eigenvalue weighted by atomic mass is 10.1. The standard InChI is InChI=1S/C13H13IN2O/c14-10-1-2-12-11(9-10)13(3-4-15-12)16-5-7-17-8-6-16/h1-4,9H,5-8H2. The lowest BCUT2D eigenvalue weighted by Crippen LogP contribution is -2.36. The summed E-state index contributed by atoms with van der Waals surface area (Å²) in [6.07, 6.45) is 1.89. The maximum atomic E-state index is 5.40. The van der Waals surface area contributed by atoms with E-state index in [1.54, 1.807) is 0 Å². The third-order valence-electron chi connectivity index (χ3n) is 3.03. The van der Waals surface area contributed by atoms with Crippen LogP contribution >= 0.6 is 22.6 Å². The van der Waals surface area contributed by atoms with Crippen LogP contribution in [0.4, 0.5) is 5.69 Å². The maximum Gasteiger partial charge on any atom is 0.0723 e. The number of pyridine rings is 1. The molecular weight excluding hydrogens is 327 g/mol. The molecule has 1 aliphatic heterocycles. The molecule has 1 fully saturated rings. The second-order valence-electron chi connectivity index (χ2n) is 4.09. The lowest BCUT2D eigenvalue weighted by molar-refractivity contribution is 0.123. The Kier molecular flexibility index (Phi) is 3.15. The van der Waals surface area contributed by atoms with Crippen molar-refractivity contribution in [3.05, 3.63) is 34.0 Å². The van der Waals surface area contributed by atoms with Crippen LogP contribution in [0.15, 0.2) is 30.5 Å². The van der Waals surface area contributed by atoms with Gasteiger partial charge in [-0.3, -0.25) is 4.98 Å². The number of anilines is 1. The van der Waals surface area contributed by atoms with Crippen LogP contribution < -0.4 is 4.90 Å². The molecule has 0 radical (unpaired) electrons. The van der Waals surface area contributed by atoms with Crippen LogP contribution in [0.3, 0.4) is 0 Å². The monoisotopic (exact) mass is 340 g/mol. The highest BCUT2D eigenvalue weighted by atomic mass is 127. The van der Waals surface area contributed by atoms with Gasteiger partial charge in [0.2, 0.25) is 0 Å². The van der Waals surface area contributed by atoms with Crippen molar-refractivity contribution < 1.29 is 4.74 Å². The Hall–Kier alpha value is -0.880. The molecule has 2 aromatic rings. The molecule has 2 heterocycles. The van der Waals surface area contributed by atoms with Gasteiger partial charge in [-0.05, 0) is 46.9 Å². The first kappa shape index (κ1) is 11.2. The molecule has 0 N–H and O–H groups in total. The molecule has 17 heavy (non-hydrogen) atoms. The normalized spacial score (nSPS) is 16.4. The van der Waals surface area contributed by atoms with Crippen LogP contribution in [0.2, 0.25) is 0 Å². The van der Waals surface area contributed by atoms with Gasteiger partial charge in [0, 0.05) is 33.9 Å². The molecule has 0 amide bonds. The van der Waals surface area contributed by atoms with Crippen LogP contribution in [0.1, 0.15) is 0 Å². The Bertz CT molecular complexity index is 538. The average molecular weight is 340 g/mol. The van der Waals surface area contributed by atoms with Gasteiger partial charge < -0.3 is 9.64 Å². The zero-order valence-electron chi connectivity index (χ0n) is 9.40. The number of fused-ring (bicyclic) bond motifs is 1. The summed E-state index contributed by atoms with van der Waals surface area (Å²) in [5, 5.41) is 1.24. The van der Waals surface area contributed by atoms with E-state index in [1.165, 1.54) is 14.6 Å². The van der Waals surface area contributed by atoms with Gasteiger partial charge in [0.1, 0.15) is 0 Å². The molecule has 4 heteroatoms. The van der Waals surface area contributed by atoms with Crippen molar-refractivity contribution in [3.63, 3.8) is 0 Å². The highest BCUT2D eigenvalue weighted by Crippen LogP contribution is 2.27. The summed E-state index contributed by atoms with van der Waals surface area (Å²) in [5.74, 6) is 0. The summed E-state index contributed by atoms with van der Waals surface area (Å²) in [6.45, 7) is 3.55. The van der Waals surface area contributed by atoms with E-state index >= 15 is 0 Å². The number of nitrogens with zero attached hydrogens (tertiary/aromatic N) is 2. The van der Waals surface area contributed by atoms with Crippen LogP contribution in [-0.4, -0.2) is 31.3 Å². The quantitative estimate of drug-likeness (QED) is 0.747. The van der Waals surface area contributed by atoms with Gasteiger partial charge in [-0.2, -0.15) is 0 Å². The first-order valence-electron chi connectivity index (χ1n) is 5.71. The minimum atomic E-state index is 0.813. The van der Waals surface area contributed by atoms with Crippen LogP contribution in [-0.2, 0) is 4.74 Å². The number of halogens is 1. The van der Waals surface area contributed by atoms with E-state index < -0.39 is 0 Å². The third kappa shape index (κ3) is 2.24. The highest BCUT2D eigenvalue weighted by Gasteiger charge is 2.13. The van der Waals surface area contributed by atoms with E-state index in [-0.39, 0.29) is 0 Å². The Morgan fingerprint density at radius 1 is 1.18 bits per heavy atom. The molecule has 0 aliphatic carbocycles. The summed E-state index contributed by atoms with van der Waals surface area (Å²) in [5.41, 5.74) is 2.34. The summed E-state index contributed by atoms with van der Waals surface area (Å²) in [7, 11) is 0. The molecule has 3 rings (SSSR count). The summed E-state index contributed by atoms with van der Waals surface area (Å²) < 4.78 is 6.65. The van der Waals surface area contributed by atoms with E-state index in [2.05, 4.69) is 56.7 Å². The van der Waals surface area contributed by atoms with Gasteiger partial charge >= 0.3 is 0 Å².